The van der Waals surface area contributed by atoms with Crippen LogP contribution in [0.4, 0.5) is 0 Å². The minimum Gasteiger partial charge on any atom is -0.305 e. The maximum Gasteiger partial charge on any atom is 0.0703 e. The van der Waals surface area contributed by atoms with Crippen LogP contribution in [0.25, 0.3) is 0 Å². The molecular formula is C13H17N3S. The number of nitrogens with one attached hydrogen (secondary N) is 1. The molecule has 17 heavy (non-hydrogen) atoms. The van der Waals surface area contributed by atoms with Gasteiger partial charge in [0.1, 0.15) is 0 Å². The zero-order valence-electron chi connectivity index (χ0n) is 10.2. The van der Waals surface area contributed by atoms with Crippen molar-refractivity contribution in [3.05, 3.63) is 46.5 Å². The lowest BCUT2D eigenvalue weighted by Crippen LogP contribution is -2.22. The standard InChI is InChI=1S/C13H17N3S/c1-3-7-14-13(12-9-15-16-17-12)11-6-4-5-10(2)8-11/h4-6,8-9,13-14H,3,7H2,1-2H3. The molecule has 0 saturated carbocycles. The second-order valence-electron chi connectivity index (χ2n) is 4.12. The Morgan fingerprint density at radius 3 is 2.94 bits per heavy atom. The van der Waals surface area contributed by atoms with Gasteiger partial charge in [0.25, 0.3) is 0 Å². The van der Waals surface area contributed by atoms with Gasteiger partial charge in [-0.2, -0.15) is 0 Å². The fourth-order valence-corrected chi connectivity index (χ4v) is 2.43. The van der Waals surface area contributed by atoms with Gasteiger partial charge < -0.3 is 5.32 Å². The molecule has 1 aromatic heterocycles. The second-order valence-corrected chi connectivity index (χ2v) is 4.94. The van der Waals surface area contributed by atoms with E-state index in [4.69, 9.17) is 0 Å². The van der Waals surface area contributed by atoms with E-state index in [1.165, 1.54) is 27.5 Å². The van der Waals surface area contributed by atoms with Crippen molar-refractivity contribution in [1.29, 1.82) is 0 Å². The van der Waals surface area contributed by atoms with Crippen molar-refractivity contribution in [2.75, 3.05) is 6.54 Å². The van der Waals surface area contributed by atoms with Gasteiger partial charge in [-0.25, -0.2) is 0 Å². The lowest BCUT2D eigenvalue weighted by molar-refractivity contribution is 0.605. The second kappa shape index (κ2) is 5.89. The summed E-state index contributed by atoms with van der Waals surface area (Å²) in [6.07, 6.45) is 2.97. The highest BCUT2D eigenvalue weighted by atomic mass is 32.1. The summed E-state index contributed by atoms with van der Waals surface area (Å²) in [7, 11) is 0. The molecule has 0 aliphatic carbocycles. The molecule has 0 radical (unpaired) electrons. The lowest BCUT2D eigenvalue weighted by Gasteiger charge is -2.17. The van der Waals surface area contributed by atoms with Gasteiger partial charge in [0, 0.05) is 0 Å². The predicted octanol–water partition coefficient (Wildman–Crippen LogP) is 2.94. The normalized spacial score (nSPS) is 12.6. The van der Waals surface area contributed by atoms with E-state index < -0.39 is 0 Å². The molecule has 0 fully saturated rings. The first kappa shape index (κ1) is 12.2. The summed E-state index contributed by atoms with van der Waals surface area (Å²) in [5.74, 6) is 0. The van der Waals surface area contributed by atoms with Gasteiger partial charge in [-0.05, 0) is 37.0 Å². The minimum atomic E-state index is 0.217. The Balaban J connectivity index is 2.27. The number of rotatable bonds is 5. The van der Waals surface area contributed by atoms with Crippen LogP contribution in [-0.2, 0) is 0 Å². The molecular weight excluding hydrogens is 230 g/mol. The molecule has 1 aromatic carbocycles. The van der Waals surface area contributed by atoms with Crippen LogP contribution < -0.4 is 5.32 Å². The topological polar surface area (TPSA) is 37.8 Å². The van der Waals surface area contributed by atoms with Crippen LogP contribution in [0.1, 0.15) is 35.4 Å². The van der Waals surface area contributed by atoms with Crippen molar-refractivity contribution in [2.24, 2.45) is 0 Å². The van der Waals surface area contributed by atoms with Crippen LogP contribution in [0.2, 0.25) is 0 Å². The van der Waals surface area contributed by atoms with Crippen LogP contribution in [0.3, 0.4) is 0 Å². The van der Waals surface area contributed by atoms with Crippen molar-refractivity contribution < 1.29 is 0 Å². The minimum absolute atomic E-state index is 0.217. The molecule has 0 aliphatic heterocycles. The Morgan fingerprint density at radius 1 is 1.41 bits per heavy atom. The summed E-state index contributed by atoms with van der Waals surface area (Å²) in [6, 6.07) is 8.80. The number of aryl methyl sites for hydroxylation is 1. The molecule has 0 amide bonds. The van der Waals surface area contributed by atoms with Crippen molar-refractivity contribution >= 4 is 11.5 Å². The number of hydrogen-bond donors (Lipinski definition) is 1. The van der Waals surface area contributed by atoms with Gasteiger partial charge in [0.15, 0.2) is 0 Å². The Bertz CT molecular complexity index is 453. The molecule has 0 aliphatic rings. The van der Waals surface area contributed by atoms with Gasteiger partial charge >= 0.3 is 0 Å². The van der Waals surface area contributed by atoms with Gasteiger partial charge in [0.05, 0.1) is 17.1 Å². The SMILES string of the molecule is CCCNC(c1cccc(C)c1)c1cnns1. The molecule has 1 atom stereocenters. The molecule has 4 heteroatoms. The molecule has 2 aromatic rings. The maximum atomic E-state index is 3.95. The highest BCUT2D eigenvalue weighted by Crippen LogP contribution is 2.24. The third-order valence-electron chi connectivity index (χ3n) is 2.64. The van der Waals surface area contributed by atoms with Crippen LogP contribution in [-0.4, -0.2) is 16.1 Å². The van der Waals surface area contributed by atoms with Crippen LogP contribution in [0, 0.1) is 6.92 Å². The molecule has 0 bridgehead atoms. The molecule has 90 valence electrons. The predicted molar refractivity (Wildman–Crippen MR) is 71.2 cm³/mol. The van der Waals surface area contributed by atoms with Gasteiger partial charge in [-0.1, -0.05) is 41.2 Å². The van der Waals surface area contributed by atoms with Crippen molar-refractivity contribution in [3.63, 3.8) is 0 Å². The van der Waals surface area contributed by atoms with E-state index in [0.29, 0.717) is 0 Å². The Hall–Kier alpha value is -1.26. The first-order valence-corrected chi connectivity index (χ1v) is 6.66. The van der Waals surface area contributed by atoms with E-state index >= 15 is 0 Å². The van der Waals surface area contributed by atoms with Crippen molar-refractivity contribution in [3.8, 4) is 0 Å². The van der Waals surface area contributed by atoms with E-state index in [2.05, 4.69) is 53.0 Å². The summed E-state index contributed by atoms with van der Waals surface area (Å²) >= 11 is 1.46. The fraction of sp³-hybridized carbons (Fsp3) is 0.385. The fourth-order valence-electron chi connectivity index (χ4n) is 1.82. The van der Waals surface area contributed by atoms with E-state index in [0.717, 1.165) is 13.0 Å². The number of aromatic nitrogens is 2. The largest absolute Gasteiger partial charge is 0.305 e. The third-order valence-corrected chi connectivity index (χ3v) is 3.36. The molecule has 1 unspecified atom stereocenters. The summed E-state index contributed by atoms with van der Waals surface area (Å²) in [4.78, 5) is 1.17. The van der Waals surface area contributed by atoms with Crippen LogP contribution >= 0.6 is 11.5 Å². The Morgan fingerprint density at radius 2 is 2.29 bits per heavy atom. The zero-order valence-corrected chi connectivity index (χ0v) is 11.0. The number of benzene rings is 1. The quantitative estimate of drug-likeness (QED) is 0.882. The molecule has 0 saturated heterocycles. The third kappa shape index (κ3) is 3.11. The molecule has 2 rings (SSSR count). The molecule has 3 nitrogen and oxygen atoms in total. The van der Waals surface area contributed by atoms with Gasteiger partial charge in [-0.3, -0.25) is 0 Å². The monoisotopic (exact) mass is 247 g/mol. The van der Waals surface area contributed by atoms with Gasteiger partial charge in [-0.15, -0.1) is 5.10 Å². The van der Waals surface area contributed by atoms with Crippen LogP contribution in [0.15, 0.2) is 30.5 Å². The van der Waals surface area contributed by atoms with E-state index in [9.17, 15) is 0 Å². The van der Waals surface area contributed by atoms with Crippen molar-refractivity contribution in [2.45, 2.75) is 26.3 Å². The summed E-state index contributed by atoms with van der Waals surface area (Å²) in [5, 5.41) is 7.47. The Kier molecular flexibility index (Phi) is 4.23. The summed E-state index contributed by atoms with van der Waals surface area (Å²) in [6.45, 7) is 5.28. The smallest absolute Gasteiger partial charge is 0.0703 e. The van der Waals surface area contributed by atoms with Crippen molar-refractivity contribution in [1.82, 2.24) is 14.9 Å². The highest BCUT2D eigenvalue weighted by molar-refractivity contribution is 7.05. The van der Waals surface area contributed by atoms with Gasteiger partial charge in [0.2, 0.25) is 0 Å². The molecule has 1 N–H and O–H groups in total. The summed E-state index contributed by atoms with van der Waals surface area (Å²) < 4.78 is 3.95. The average Bonchev–Trinajstić information content (AvgIpc) is 2.83. The molecule has 1 heterocycles. The van der Waals surface area contributed by atoms with E-state index in [1.807, 2.05) is 6.20 Å². The highest BCUT2D eigenvalue weighted by Gasteiger charge is 2.15. The number of hydrogen-bond acceptors (Lipinski definition) is 4. The van der Waals surface area contributed by atoms with E-state index in [1.54, 1.807) is 0 Å². The maximum absolute atomic E-state index is 3.95. The number of nitrogens with zero attached hydrogens (tertiary/aromatic N) is 2. The summed E-state index contributed by atoms with van der Waals surface area (Å²) in [5.41, 5.74) is 2.56. The van der Waals surface area contributed by atoms with Crippen LogP contribution in [0.5, 0.6) is 0 Å². The lowest BCUT2D eigenvalue weighted by atomic mass is 10.0. The zero-order chi connectivity index (χ0) is 12.1. The first-order chi connectivity index (χ1) is 8.31. The average molecular weight is 247 g/mol. The first-order valence-electron chi connectivity index (χ1n) is 5.88. The molecule has 0 spiro atoms. The van der Waals surface area contributed by atoms with E-state index in [-0.39, 0.29) is 6.04 Å². The Labute approximate surface area is 106 Å².